The molecule has 27 heavy (non-hydrogen) atoms. The van der Waals surface area contributed by atoms with Crippen LogP contribution in [0.3, 0.4) is 0 Å². The van der Waals surface area contributed by atoms with Gasteiger partial charge in [0.15, 0.2) is 16.4 Å². The lowest BCUT2D eigenvalue weighted by Crippen LogP contribution is -2.49. The van der Waals surface area contributed by atoms with Crippen LogP contribution in [0.2, 0.25) is 0 Å². The molecule has 1 N–H and O–H groups in total. The van der Waals surface area contributed by atoms with E-state index in [0.717, 1.165) is 17.8 Å². The fourth-order valence-electron chi connectivity index (χ4n) is 3.78. The van der Waals surface area contributed by atoms with Crippen molar-refractivity contribution in [3.05, 3.63) is 51.3 Å². The second-order valence-electron chi connectivity index (χ2n) is 6.98. The van der Waals surface area contributed by atoms with E-state index in [4.69, 9.17) is 17.0 Å². The second kappa shape index (κ2) is 6.79. The Morgan fingerprint density at radius 1 is 1.30 bits per heavy atom. The van der Waals surface area contributed by atoms with Crippen LogP contribution < -0.4 is 5.32 Å². The van der Waals surface area contributed by atoms with Crippen LogP contribution in [0.15, 0.2) is 12.1 Å². The zero-order chi connectivity index (χ0) is 19.3. The van der Waals surface area contributed by atoms with Gasteiger partial charge in [-0.05, 0) is 30.8 Å². The van der Waals surface area contributed by atoms with E-state index in [1.54, 1.807) is 16.2 Å². The van der Waals surface area contributed by atoms with Crippen LogP contribution in [0, 0.1) is 22.2 Å². The van der Waals surface area contributed by atoms with Gasteiger partial charge >= 0.3 is 0 Å². The zero-order valence-electron chi connectivity index (χ0n) is 14.6. The van der Waals surface area contributed by atoms with Crippen molar-refractivity contribution in [2.24, 2.45) is 7.05 Å². The highest BCUT2D eigenvalue weighted by molar-refractivity contribution is 7.71. The number of fused-ring (bicyclic) bond motifs is 1. The molecule has 1 saturated heterocycles. The maximum absolute atomic E-state index is 14.2. The maximum Gasteiger partial charge on any atom is 0.226 e. The van der Waals surface area contributed by atoms with Crippen molar-refractivity contribution < 1.29 is 22.7 Å². The molecule has 2 aromatic rings. The molecule has 1 amide bonds. The molecule has 1 unspecified atom stereocenters. The molecule has 0 bridgehead atoms. The van der Waals surface area contributed by atoms with Crippen molar-refractivity contribution in [1.82, 2.24) is 14.5 Å². The molecule has 0 spiro atoms. The summed E-state index contributed by atoms with van der Waals surface area (Å²) in [5.41, 5.74) is 1.20. The normalized spacial score (nSPS) is 19.0. The SMILES string of the molecule is Cn1c(CC(=O)NC2COC2)c2n(c1=S)CC(c1c(F)ccc(F)c1F)C2. The summed E-state index contributed by atoms with van der Waals surface area (Å²) in [4.78, 5) is 12.3. The number of rotatable bonds is 4. The highest BCUT2D eigenvalue weighted by atomic mass is 32.1. The second-order valence-corrected chi connectivity index (χ2v) is 7.35. The summed E-state index contributed by atoms with van der Waals surface area (Å²) in [6, 6.07) is 1.73. The first-order chi connectivity index (χ1) is 12.9. The summed E-state index contributed by atoms with van der Waals surface area (Å²) in [5.74, 6) is -3.74. The van der Waals surface area contributed by atoms with Gasteiger partial charge < -0.3 is 19.2 Å². The van der Waals surface area contributed by atoms with Crippen LogP contribution >= 0.6 is 12.2 Å². The maximum atomic E-state index is 14.2. The molecule has 0 saturated carbocycles. The first-order valence-corrected chi connectivity index (χ1v) is 9.05. The number of carbonyl (C=O) groups excluding carboxylic acids is 1. The van der Waals surface area contributed by atoms with E-state index in [0.29, 0.717) is 23.7 Å². The molecule has 2 aliphatic heterocycles. The Morgan fingerprint density at radius 3 is 2.67 bits per heavy atom. The lowest BCUT2D eigenvalue weighted by atomic mass is 9.95. The number of ether oxygens (including phenoxy) is 1. The average molecular weight is 397 g/mol. The molecule has 9 heteroatoms. The molecule has 5 nitrogen and oxygen atoms in total. The highest BCUT2D eigenvalue weighted by Crippen LogP contribution is 2.36. The van der Waals surface area contributed by atoms with Crippen molar-refractivity contribution in [1.29, 1.82) is 0 Å². The van der Waals surface area contributed by atoms with Crippen LogP contribution in [-0.4, -0.2) is 34.3 Å². The average Bonchev–Trinajstić information content (AvgIpc) is 3.10. The summed E-state index contributed by atoms with van der Waals surface area (Å²) in [7, 11) is 1.76. The minimum atomic E-state index is -1.16. The number of aromatic nitrogens is 2. The fourth-order valence-corrected chi connectivity index (χ4v) is 4.07. The number of hydrogen-bond donors (Lipinski definition) is 1. The molecule has 0 radical (unpaired) electrons. The Bertz CT molecular complexity index is 981. The van der Waals surface area contributed by atoms with Crippen LogP contribution in [0.5, 0.6) is 0 Å². The molecule has 3 heterocycles. The summed E-state index contributed by atoms with van der Waals surface area (Å²) in [6.07, 6.45) is 0.400. The van der Waals surface area contributed by atoms with E-state index in [-0.39, 0.29) is 36.9 Å². The van der Waals surface area contributed by atoms with E-state index in [1.807, 2.05) is 0 Å². The van der Waals surface area contributed by atoms with E-state index in [2.05, 4.69) is 5.32 Å². The van der Waals surface area contributed by atoms with Crippen LogP contribution in [0.25, 0.3) is 0 Å². The molecule has 1 aromatic carbocycles. The Kier molecular flexibility index (Phi) is 4.59. The van der Waals surface area contributed by atoms with Crippen molar-refractivity contribution in [3.8, 4) is 0 Å². The smallest absolute Gasteiger partial charge is 0.226 e. The van der Waals surface area contributed by atoms with Gasteiger partial charge in [0.1, 0.15) is 5.82 Å². The van der Waals surface area contributed by atoms with Gasteiger partial charge in [0, 0.05) is 36.5 Å². The third-order valence-corrected chi connectivity index (χ3v) is 5.74. The summed E-state index contributed by atoms with van der Waals surface area (Å²) in [5, 5.41) is 2.87. The molecule has 144 valence electrons. The van der Waals surface area contributed by atoms with E-state index >= 15 is 0 Å². The van der Waals surface area contributed by atoms with E-state index < -0.39 is 23.4 Å². The first-order valence-electron chi connectivity index (χ1n) is 8.64. The molecule has 0 aliphatic carbocycles. The van der Waals surface area contributed by atoms with E-state index in [1.165, 1.54) is 0 Å². The number of halogens is 3. The molecular weight excluding hydrogens is 379 g/mol. The van der Waals surface area contributed by atoms with Crippen LogP contribution in [-0.2, 0) is 36.0 Å². The largest absolute Gasteiger partial charge is 0.377 e. The molecule has 4 rings (SSSR count). The monoisotopic (exact) mass is 397 g/mol. The number of benzene rings is 1. The third kappa shape index (κ3) is 3.08. The van der Waals surface area contributed by atoms with Gasteiger partial charge in [-0.15, -0.1) is 0 Å². The van der Waals surface area contributed by atoms with Crippen LogP contribution in [0.4, 0.5) is 13.2 Å². The molecule has 2 aliphatic rings. The summed E-state index contributed by atoms with van der Waals surface area (Å²) >= 11 is 5.42. The van der Waals surface area contributed by atoms with Gasteiger partial charge in [-0.3, -0.25) is 4.79 Å². The number of carbonyl (C=O) groups is 1. The van der Waals surface area contributed by atoms with Crippen molar-refractivity contribution in [2.75, 3.05) is 13.2 Å². The highest BCUT2D eigenvalue weighted by Gasteiger charge is 2.33. The topological polar surface area (TPSA) is 48.2 Å². The van der Waals surface area contributed by atoms with Gasteiger partial charge in [-0.2, -0.15) is 0 Å². The van der Waals surface area contributed by atoms with Gasteiger partial charge in [-0.25, -0.2) is 13.2 Å². The molecule has 1 atom stereocenters. The summed E-state index contributed by atoms with van der Waals surface area (Å²) < 4.78 is 51.0. The lowest BCUT2D eigenvalue weighted by molar-refractivity contribution is -0.124. The minimum absolute atomic E-state index is 0.0182. The van der Waals surface area contributed by atoms with Gasteiger partial charge in [0.05, 0.1) is 25.7 Å². The number of imidazole rings is 1. The number of nitrogens with one attached hydrogen (secondary N) is 1. The Morgan fingerprint density at radius 2 is 2.00 bits per heavy atom. The Hall–Kier alpha value is -2.13. The number of nitrogens with zero attached hydrogens (tertiary/aromatic N) is 2. The van der Waals surface area contributed by atoms with Crippen molar-refractivity contribution in [3.63, 3.8) is 0 Å². The summed E-state index contributed by atoms with van der Waals surface area (Å²) in [6.45, 7) is 1.24. The van der Waals surface area contributed by atoms with Gasteiger partial charge in [-0.1, -0.05) is 0 Å². The number of amides is 1. The fraction of sp³-hybridized carbons (Fsp3) is 0.444. The molecule has 1 fully saturated rings. The Balaban J connectivity index is 1.62. The number of hydrogen-bond acceptors (Lipinski definition) is 3. The van der Waals surface area contributed by atoms with Gasteiger partial charge in [0.2, 0.25) is 5.91 Å². The van der Waals surface area contributed by atoms with Crippen LogP contribution in [0.1, 0.15) is 22.9 Å². The van der Waals surface area contributed by atoms with Gasteiger partial charge in [0.25, 0.3) is 0 Å². The lowest BCUT2D eigenvalue weighted by Gasteiger charge is -2.26. The van der Waals surface area contributed by atoms with Crippen molar-refractivity contribution >= 4 is 18.1 Å². The first kappa shape index (κ1) is 18.2. The van der Waals surface area contributed by atoms with Crippen molar-refractivity contribution in [2.45, 2.75) is 31.3 Å². The zero-order valence-corrected chi connectivity index (χ0v) is 15.4. The quantitative estimate of drug-likeness (QED) is 0.637. The third-order valence-electron chi connectivity index (χ3n) is 5.24. The Labute approximate surface area is 158 Å². The predicted octanol–water partition coefficient (Wildman–Crippen LogP) is 2.37. The molecule has 1 aromatic heterocycles. The molecular formula is C18H18F3N3O2S. The predicted molar refractivity (Wildman–Crippen MR) is 93.5 cm³/mol. The van der Waals surface area contributed by atoms with E-state index in [9.17, 15) is 18.0 Å². The minimum Gasteiger partial charge on any atom is -0.377 e. The standard InChI is InChI=1S/C18H18F3N3O2S/c1-23-13(5-15(25)22-10-7-26-8-10)14-4-9(6-24(14)18(23)27)16-11(19)2-3-12(20)17(16)21/h2-3,9-10H,4-8H2,1H3,(H,22,25).